The van der Waals surface area contributed by atoms with Gasteiger partial charge in [-0.15, -0.1) is 0 Å². The van der Waals surface area contributed by atoms with Crippen LogP contribution >= 0.6 is 0 Å². The molecule has 2 aromatic rings. The molecule has 108 valence electrons. The van der Waals surface area contributed by atoms with Gasteiger partial charge in [-0.1, -0.05) is 30.3 Å². The van der Waals surface area contributed by atoms with Gasteiger partial charge in [0.05, 0.1) is 19.8 Å². The maximum absolute atomic E-state index is 12.3. The fraction of sp³-hybridized carbons (Fsp3) is 0.294. The summed E-state index contributed by atoms with van der Waals surface area (Å²) in [5.41, 5.74) is 5.16. The molecule has 1 aromatic heterocycles. The number of aromatic nitrogens is 1. The molecule has 2 heterocycles. The first-order chi connectivity index (χ1) is 10.2. The van der Waals surface area contributed by atoms with E-state index >= 15 is 0 Å². The second kappa shape index (κ2) is 5.66. The summed E-state index contributed by atoms with van der Waals surface area (Å²) in [7, 11) is 0. The van der Waals surface area contributed by atoms with Gasteiger partial charge < -0.3 is 9.47 Å². The van der Waals surface area contributed by atoms with Gasteiger partial charge in [0.2, 0.25) is 0 Å². The van der Waals surface area contributed by atoms with Crippen molar-refractivity contribution in [1.29, 1.82) is 0 Å². The number of pyridine rings is 1. The Morgan fingerprint density at radius 3 is 2.67 bits per heavy atom. The fourth-order valence-electron chi connectivity index (χ4n) is 2.67. The first-order valence-electron chi connectivity index (χ1n) is 7.05. The number of carbonyl (C=O) groups excluding carboxylic acids is 1. The van der Waals surface area contributed by atoms with Gasteiger partial charge in [-0.2, -0.15) is 0 Å². The molecular weight excluding hydrogens is 266 g/mol. The quantitative estimate of drug-likeness (QED) is 0.811. The topological polar surface area (TPSA) is 48.4 Å². The van der Waals surface area contributed by atoms with Crippen molar-refractivity contribution in [3.63, 3.8) is 0 Å². The molecule has 0 radical (unpaired) electrons. The molecular formula is C17H17NO3. The van der Waals surface area contributed by atoms with Gasteiger partial charge in [0.25, 0.3) is 0 Å². The number of benzene rings is 1. The lowest BCUT2D eigenvalue weighted by atomic mass is 9.94. The van der Waals surface area contributed by atoms with Crippen molar-refractivity contribution in [2.45, 2.75) is 27.1 Å². The molecule has 0 N–H and O–H groups in total. The standard InChI is InChI=1S/C17H17NO3/c1-3-21-17(19)16-15(12-7-5-4-6-8-12)14-10-20-9-13(14)11(2)18-16/h4-8H,3,9-10H2,1-2H3. The molecule has 1 aliphatic heterocycles. The van der Waals surface area contributed by atoms with Crippen molar-refractivity contribution in [2.75, 3.05) is 6.61 Å². The Morgan fingerprint density at radius 1 is 1.24 bits per heavy atom. The second-order valence-electron chi connectivity index (χ2n) is 4.96. The van der Waals surface area contributed by atoms with E-state index < -0.39 is 0 Å². The number of carbonyl (C=O) groups is 1. The number of ether oxygens (including phenoxy) is 2. The van der Waals surface area contributed by atoms with E-state index in [1.54, 1.807) is 6.92 Å². The van der Waals surface area contributed by atoms with E-state index in [1.165, 1.54) is 0 Å². The van der Waals surface area contributed by atoms with Crippen molar-refractivity contribution < 1.29 is 14.3 Å². The molecule has 0 amide bonds. The summed E-state index contributed by atoms with van der Waals surface area (Å²) in [4.78, 5) is 16.8. The first kappa shape index (κ1) is 13.8. The minimum atomic E-state index is -0.380. The summed E-state index contributed by atoms with van der Waals surface area (Å²) in [6.45, 7) is 5.10. The maximum Gasteiger partial charge on any atom is 0.357 e. The number of nitrogens with zero attached hydrogens (tertiary/aromatic N) is 1. The molecule has 0 bridgehead atoms. The molecule has 3 rings (SSSR count). The third-order valence-electron chi connectivity index (χ3n) is 3.64. The molecule has 0 spiro atoms. The average molecular weight is 283 g/mol. The Labute approximate surface area is 123 Å². The van der Waals surface area contributed by atoms with Crippen LogP contribution in [0.25, 0.3) is 11.1 Å². The van der Waals surface area contributed by atoms with Gasteiger partial charge in [0, 0.05) is 16.8 Å². The van der Waals surface area contributed by atoms with Gasteiger partial charge >= 0.3 is 5.97 Å². The van der Waals surface area contributed by atoms with Crippen LogP contribution in [0.5, 0.6) is 0 Å². The lowest BCUT2D eigenvalue weighted by Crippen LogP contribution is -2.12. The van der Waals surface area contributed by atoms with Crippen molar-refractivity contribution in [3.8, 4) is 11.1 Å². The highest BCUT2D eigenvalue weighted by atomic mass is 16.5. The van der Waals surface area contributed by atoms with Crippen LogP contribution in [-0.4, -0.2) is 17.6 Å². The van der Waals surface area contributed by atoms with Gasteiger partial charge in [0.1, 0.15) is 0 Å². The minimum Gasteiger partial charge on any atom is -0.461 e. The van der Waals surface area contributed by atoms with Gasteiger partial charge in [-0.3, -0.25) is 0 Å². The molecule has 0 atom stereocenters. The molecule has 4 nitrogen and oxygen atoms in total. The first-order valence-corrected chi connectivity index (χ1v) is 7.05. The van der Waals surface area contributed by atoms with Crippen molar-refractivity contribution in [1.82, 2.24) is 4.98 Å². The number of fused-ring (bicyclic) bond motifs is 1. The molecule has 0 fully saturated rings. The Hall–Kier alpha value is -2.20. The average Bonchev–Trinajstić information content (AvgIpc) is 2.98. The lowest BCUT2D eigenvalue weighted by molar-refractivity contribution is 0.0520. The van der Waals surface area contributed by atoms with Crippen LogP contribution in [0.15, 0.2) is 30.3 Å². The maximum atomic E-state index is 12.3. The highest BCUT2D eigenvalue weighted by Gasteiger charge is 2.26. The molecule has 0 saturated heterocycles. The van der Waals surface area contributed by atoms with E-state index in [-0.39, 0.29) is 5.97 Å². The Balaban J connectivity index is 2.24. The third kappa shape index (κ3) is 2.43. The number of hydrogen-bond donors (Lipinski definition) is 0. The van der Waals surface area contributed by atoms with E-state index in [0.29, 0.717) is 25.5 Å². The highest BCUT2D eigenvalue weighted by Crippen LogP contribution is 2.35. The molecule has 0 saturated carbocycles. The SMILES string of the molecule is CCOC(=O)c1nc(C)c2c(c1-c1ccccc1)COC2. The predicted molar refractivity (Wildman–Crippen MR) is 78.9 cm³/mol. The van der Waals surface area contributed by atoms with E-state index in [9.17, 15) is 4.79 Å². The molecule has 0 unspecified atom stereocenters. The normalized spacial score (nSPS) is 13.0. The van der Waals surface area contributed by atoms with E-state index in [2.05, 4.69) is 4.98 Å². The van der Waals surface area contributed by atoms with Crippen LogP contribution in [0, 0.1) is 6.92 Å². The smallest absolute Gasteiger partial charge is 0.357 e. The monoisotopic (exact) mass is 283 g/mol. The van der Waals surface area contributed by atoms with Gasteiger partial charge in [-0.05, 0) is 25.0 Å². The van der Waals surface area contributed by atoms with Crippen molar-refractivity contribution in [2.24, 2.45) is 0 Å². The molecule has 0 aliphatic carbocycles. The van der Waals surface area contributed by atoms with Crippen molar-refractivity contribution >= 4 is 5.97 Å². The van der Waals surface area contributed by atoms with Crippen LogP contribution in [0.2, 0.25) is 0 Å². The number of esters is 1. The summed E-state index contributed by atoms with van der Waals surface area (Å²) in [6, 6.07) is 9.81. The van der Waals surface area contributed by atoms with Crippen LogP contribution in [0.3, 0.4) is 0 Å². The zero-order valence-corrected chi connectivity index (χ0v) is 12.2. The lowest BCUT2D eigenvalue weighted by Gasteiger charge is -2.14. The Bertz CT molecular complexity index is 680. The second-order valence-corrected chi connectivity index (χ2v) is 4.96. The van der Waals surface area contributed by atoms with Gasteiger partial charge in [-0.25, -0.2) is 9.78 Å². The van der Waals surface area contributed by atoms with E-state index in [4.69, 9.17) is 9.47 Å². The van der Waals surface area contributed by atoms with Crippen LogP contribution < -0.4 is 0 Å². The third-order valence-corrected chi connectivity index (χ3v) is 3.64. The van der Waals surface area contributed by atoms with Crippen LogP contribution in [-0.2, 0) is 22.7 Å². The minimum absolute atomic E-state index is 0.335. The summed E-state index contributed by atoms with van der Waals surface area (Å²) in [5.74, 6) is -0.380. The summed E-state index contributed by atoms with van der Waals surface area (Å²) >= 11 is 0. The zero-order valence-electron chi connectivity index (χ0n) is 12.2. The molecule has 1 aromatic carbocycles. The fourth-order valence-corrected chi connectivity index (χ4v) is 2.67. The number of rotatable bonds is 3. The van der Waals surface area contributed by atoms with E-state index in [0.717, 1.165) is 27.9 Å². The number of hydrogen-bond acceptors (Lipinski definition) is 4. The molecule has 1 aliphatic rings. The van der Waals surface area contributed by atoms with Crippen molar-refractivity contribution in [3.05, 3.63) is 52.8 Å². The van der Waals surface area contributed by atoms with Gasteiger partial charge in [0.15, 0.2) is 5.69 Å². The highest BCUT2D eigenvalue weighted by molar-refractivity contribution is 5.96. The summed E-state index contributed by atoms with van der Waals surface area (Å²) < 4.78 is 10.7. The largest absolute Gasteiger partial charge is 0.461 e. The Morgan fingerprint density at radius 2 is 1.95 bits per heavy atom. The number of aryl methyl sites for hydroxylation is 1. The van der Waals surface area contributed by atoms with Crippen LogP contribution in [0.4, 0.5) is 0 Å². The van der Waals surface area contributed by atoms with E-state index in [1.807, 2.05) is 37.3 Å². The summed E-state index contributed by atoms with van der Waals surface area (Å²) in [5, 5.41) is 0. The molecule has 4 heteroatoms. The zero-order chi connectivity index (χ0) is 14.8. The Kier molecular flexibility index (Phi) is 3.71. The predicted octanol–water partition coefficient (Wildman–Crippen LogP) is 3.26. The molecule has 21 heavy (non-hydrogen) atoms. The van der Waals surface area contributed by atoms with Crippen LogP contribution in [0.1, 0.15) is 34.2 Å². The summed E-state index contributed by atoms with van der Waals surface area (Å²) in [6.07, 6.45) is 0.